The molecule has 1 aromatic heterocycles. The van der Waals surface area contributed by atoms with E-state index in [1.165, 1.54) is 24.3 Å². The zero-order valence-electron chi connectivity index (χ0n) is 20.4. The molecule has 3 aliphatic rings. The van der Waals surface area contributed by atoms with Gasteiger partial charge < -0.3 is 26.7 Å². The summed E-state index contributed by atoms with van der Waals surface area (Å²) >= 11 is 0.768. The van der Waals surface area contributed by atoms with Crippen LogP contribution >= 0.6 is 11.5 Å². The van der Waals surface area contributed by atoms with Crippen molar-refractivity contribution in [3.05, 3.63) is 62.6 Å². The minimum atomic E-state index is -1.44. The van der Waals surface area contributed by atoms with Crippen LogP contribution < -0.4 is 16.4 Å². The Kier molecular flexibility index (Phi) is 6.72. The average Bonchev–Trinajstić information content (AvgIpc) is 3.55. The van der Waals surface area contributed by atoms with Crippen molar-refractivity contribution >= 4 is 57.3 Å². The summed E-state index contributed by atoms with van der Waals surface area (Å²) in [5, 5.41) is 39.0. The molecule has 1 aromatic carbocycles. The molecule has 5 rings (SSSR count). The number of hydrogen-bond donors (Lipinski definition) is 5. The van der Waals surface area contributed by atoms with Crippen LogP contribution in [-0.4, -0.2) is 77.5 Å². The van der Waals surface area contributed by atoms with Crippen LogP contribution in [0, 0.1) is 10.1 Å². The minimum Gasteiger partial charge on any atom is -0.477 e. The van der Waals surface area contributed by atoms with Gasteiger partial charge in [0.25, 0.3) is 17.5 Å². The van der Waals surface area contributed by atoms with E-state index in [0.717, 1.165) is 16.4 Å². The SMILES string of the molecule is Nc1nc(C(=NO)C(=O)N[C@H]2C(=O)N3C(C(=O)O)=C(C(=C4CCNC4=O)c4cccc([N+](=O)[O-])c4)CC[C@@H]23)ns1. The number of non-ortho nitro benzene ring substituents is 1. The van der Waals surface area contributed by atoms with E-state index in [2.05, 4.69) is 25.1 Å². The second kappa shape index (κ2) is 10.2. The number of nitro benzene ring substituents is 1. The summed E-state index contributed by atoms with van der Waals surface area (Å²) < 4.78 is 3.81. The number of benzene rings is 1. The summed E-state index contributed by atoms with van der Waals surface area (Å²) in [5.74, 6) is -3.83. The highest BCUT2D eigenvalue weighted by Gasteiger charge is 2.54. The van der Waals surface area contributed by atoms with Gasteiger partial charge in [-0.3, -0.25) is 29.4 Å². The van der Waals surface area contributed by atoms with Crippen LogP contribution in [0.15, 0.2) is 46.3 Å². The maximum Gasteiger partial charge on any atom is 0.352 e. The average molecular weight is 569 g/mol. The summed E-state index contributed by atoms with van der Waals surface area (Å²) in [6, 6.07) is 3.60. The fourth-order valence-electron chi connectivity index (χ4n) is 5.10. The number of rotatable bonds is 7. The van der Waals surface area contributed by atoms with Gasteiger partial charge in [0.05, 0.1) is 11.0 Å². The maximum absolute atomic E-state index is 13.2. The number of nitrogens with two attached hydrogens (primary N) is 1. The van der Waals surface area contributed by atoms with Crippen molar-refractivity contribution in [2.75, 3.05) is 12.3 Å². The molecule has 2 saturated heterocycles. The second-order valence-electron chi connectivity index (χ2n) is 8.97. The van der Waals surface area contributed by atoms with Crippen molar-refractivity contribution in [3.63, 3.8) is 0 Å². The van der Waals surface area contributed by atoms with E-state index in [1.54, 1.807) is 0 Å². The fraction of sp³-hybridized carbons (Fsp3) is 0.261. The highest BCUT2D eigenvalue weighted by Crippen LogP contribution is 2.44. The molecule has 0 unspecified atom stereocenters. The molecule has 6 N–H and O–H groups in total. The lowest BCUT2D eigenvalue weighted by Gasteiger charge is -2.50. The van der Waals surface area contributed by atoms with Gasteiger partial charge in [-0.1, -0.05) is 17.3 Å². The molecular weight excluding hydrogens is 548 g/mol. The van der Waals surface area contributed by atoms with Crippen LogP contribution in [0.2, 0.25) is 0 Å². The van der Waals surface area contributed by atoms with E-state index in [4.69, 9.17) is 5.73 Å². The van der Waals surface area contributed by atoms with Gasteiger partial charge in [-0.2, -0.15) is 9.36 Å². The Hall–Kier alpha value is -5.19. The van der Waals surface area contributed by atoms with Crippen LogP contribution in [0.5, 0.6) is 0 Å². The van der Waals surface area contributed by atoms with Gasteiger partial charge in [0.1, 0.15) is 11.7 Å². The predicted molar refractivity (Wildman–Crippen MR) is 137 cm³/mol. The molecule has 0 spiro atoms. The van der Waals surface area contributed by atoms with Crippen LogP contribution in [0.3, 0.4) is 0 Å². The summed E-state index contributed by atoms with van der Waals surface area (Å²) in [6.45, 7) is 0.301. The lowest BCUT2D eigenvalue weighted by molar-refractivity contribution is -0.384. The molecule has 0 radical (unpaired) electrons. The molecular formula is C23H20N8O8S. The largest absolute Gasteiger partial charge is 0.477 e. The molecule has 17 heteroatoms. The Morgan fingerprint density at radius 1 is 1.30 bits per heavy atom. The quantitative estimate of drug-likeness (QED) is 0.0743. The van der Waals surface area contributed by atoms with Crippen LogP contribution in [-0.2, 0) is 19.2 Å². The van der Waals surface area contributed by atoms with Crippen molar-refractivity contribution < 1.29 is 34.4 Å². The van der Waals surface area contributed by atoms with Crippen molar-refractivity contribution in [3.8, 4) is 0 Å². The van der Waals surface area contributed by atoms with Crippen molar-refractivity contribution in [1.29, 1.82) is 0 Å². The smallest absolute Gasteiger partial charge is 0.352 e. The predicted octanol–water partition coefficient (Wildman–Crippen LogP) is 0.00860. The first kappa shape index (κ1) is 26.4. The van der Waals surface area contributed by atoms with Gasteiger partial charge in [-0.25, -0.2) is 4.79 Å². The number of nitrogens with zero attached hydrogens (tertiary/aromatic N) is 5. The fourth-order valence-corrected chi connectivity index (χ4v) is 5.54. The van der Waals surface area contributed by atoms with E-state index >= 15 is 0 Å². The minimum absolute atomic E-state index is 0.0236. The van der Waals surface area contributed by atoms with E-state index < -0.39 is 46.4 Å². The number of carbonyl (C=O) groups excluding carboxylic acids is 3. The second-order valence-corrected chi connectivity index (χ2v) is 9.75. The lowest BCUT2D eigenvalue weighted by Crippen LogP contribution is -2.72. The van der Waals surface area contributed by atoms with E-state index in [1.807, 2.05) is 0 Å². The van der Waals surface area contributed by atoms with Gasteiger partial charge in [-0.15, -0.1) is 0 Å². The number of aromatic nitrogens is 2. The molecule has 0 aliphatic carbocycles. The number of oxime groups is 1. The number of carbonyl (C=O) groups is 4. The van der Waals surface area contributed by atoms with E-state index in [9.17, 15) is 39.6 Å². The molecule has 3 aliphatic heterocycles. The van der Waals surface area contributed by atoms with E-state index in [0.29, 0.717) is 6.54 Å². The third kappa shape index (κ3) is 4.41. The third-order valence-electron chi connectivity index (χ3n) is 6.78. The summed E-state index contributed by atoms with van der Waals surface area (Å²) in [7, 11) is 0. The zero-order valence-corrected chi connectivity index (χ0v) is 21.2. The van der Waals surface area contributed by atoms with Gasteiger partial charge >= 0.3 is 5.97 Å². The van der Waals surface area contributed by atoms with Gasteiger partial charge in [0.2, 0.25) is 17.4 Å². The molecule has 3 amide bonds. The monoisotopic (exact) mass is 568 g/mol. The molecule has 0 saturated carbocycles. The molecule has 16 nitrogen and oxygen atoms in total. The highest BCUT2D eigenvalue weighted by atomic mass is 32.1. The van der Waals surface area contributed by atoms with Crippen molar-refractivity contribution in [1.82, 2.24) is 24.9 Å². The lowest BCUT2D eigenvalue weighted by atomic mass is 9.78. The molecule has 2 aromatic rings. The number of aliphatic carboxylic acids is 1. The van der Waals surface area contributed by atoms with Crippen molar-refractivity contribution in [2.45, 2.75) is 31.3 Å². The van der Waals surface area contributed by atoms with Gasteiger partial charge in [0, 0.05) is 35.8 Å². The van der Waals surface area contributed by atoms with Crippen LogP contribution in [0.1, 0.15) is 30.7 Å². The number of allylic oxidation sites excluding steroid dienone is 2. The zero-order chi connectivity index (χ0) is 28.7. The Balaban J connectivity index is 1.52. The Morgan fingerprint density at radius 3 is 2.67 bits per heavy atom. The number of fused-ring (bicyclic) bond motifs is 1. The number of β-lactam (4-membered cyclic amide) rings is 1. The number of carboxylic acid groups (broad SMARTS) is 1. The molecule has 2 atom stereocenters. The molecule has 4 heterocycles. The molecule has 2 fully saturated rings. The number of nitro groups is 1. The topological polar surface area (TPSA) is 243 Å². The summed E-state index contributed by atoms with van der Waals surface area (Å²) in [6.07, 6.45) is 0.535. The standard InChI is InChI=1S/C23H20N8O8S/c24-23-27-18(29-40-23)16(28-37)20(33)26-15-13-5-4-11(17(22(35)36)30(13)21(15)34)14(12-6-7-25-19(12)32)9-2-1-3-10(8-9)31(38)39/h1-3,8,13,15,37H,4-7H2,(H,25,32)(H,26,33)(H,35,36)(H2,24,27,29)/t13-,15+/m0/s1. The molecule has 0 bridgehead atoms. The molecule has 40 heavy (non-hydrogen) atoms. The summed E-state index contributed by atoms with van der Waals surface area (Å²) in [5.41, 5.74) is 5.22. The molecule has 206 valence electrons. The number of amides is 3. The van der Waals surface area contributed by atoms with Gasteiger partial charge in [0.15, 0.2) is 5.13 Å². The first-order chi connectivity index (χ1) is 19.1. The number of nitrogen functional groups attached to an aromatic ring is 1. The first-order valence-corrected chi connectivity index (χ1v) is 12.6. The van der Waals surface area contributed by atoms with Crippen LogP contribution in [0.25, 0.3) is 5.57 Å². The number of hydrogen-bond acceptors (Lipinski definition) is 12. The first-order valence-electron chi connectivity index (χ1n) is 11.8. The van der Waals surface area contributed by atoms with Gasteiger partial charge in [-0.05, 0) is 36.0 Å². The normalized spacial score (nSPS) is 21.9. The van der Waals surface area contributed by atoms with Crippen molar-refractivity contribution in [2.24, 2.45) is 5.16 Å². The van der Waals surface area contributed by atoms with E-state index in [-0.39, 0.29) is 63.9 Å². The Bertz CT molecular complexity index is 1580. The Labute approximate surface area is 228 Å². The number of anilines is 1. The number of nitrogens with one attached hydrogen (secondary N) is 2. The highest BCUT2D eigenvalue weighted by molar-refractivity contribution is 7.09. The third-order valence-corrected chi connectivity index (χ3v) is 7.32. The maximum atomic E-state index is 13.2. The Morgan fingerprint density at radius 2 is 2.08 bits per heavy atom. The van der Waals surface area contributed by atoms with Crippen LogP contribution in [0.4, 0.5) is 10.8 Å². The summed E-state index contributed by atoms with van der Waals surface area (Å²) in [4.78, 5) is 66.8. The number of carboxylic acids is 1.